The average Bonchev–Trinajstić information content (AvgIpc) is 2.45. The Morgan fingerprint density at radius 3 is 2.29 bits per heavy atom. The van der Waals surface area contributed by atoms with E-state index in [0.717, 1.165) is 4.47 Å². The third-order valence-electron chi connectivity index (χ3n) is 3.98. The van der Waals surface area contributed by atoms with Crippen molar-refractivity contribution >= 4 is 27.3 Å². The third kappa shape index (κ3) is 3.47. The summed E-state index contributed by atoms with van der Waals surface area (Å²) in [6.07, 6.45) is 0. The van der Waals surface area contributed by atoms with Gasteiger partial charge in [0, 0.05) is 23.2 Å². The molecule has 0 aliphatic carbocycles. The van der Waals surface area contributed by atoms with Crippen molar-refractivity contribution in [3.63, 3.8) is 0 Å². The zero-order chi connectivity index (χ0) is 15.6. The summed E-state index contributed by atoms with van der Waals surface area (Å²) in [6.45, 7) is 6.44. The molecule has 0 spiro atoms. The van der Waals surface area contributed by atoms with E-state index >= 15 is 0 Å². The van der Waals surface area contributed by atoms with Crippen LogP contribution >= 0.6 is 15.9 Å². The highest BCUT2D eigenvalue weighted by molar-refractivity contribution is 9.10. The van der Waals surface area contributed by atoms with Crippen molar-refractivity contribution < 1.29 is 0 Å². The van der Waals surface area contributed by atoms with E-state index in [-0.39, 0.29) is 0 Å². The second kappa shape index (κ2) is 6.63. The number of aryl methyl sites for hydroxylation is 2. The molecule has 0 saturated heterocycles. The van der Waals surface area contributed by atoms with Crippen LogP contribution in [0.1, 0.15) is 29.7 Å². The number of hydrogen-bond acceptors (Lipinski definition) is 2. The van der Waals surface area contributed by atoms with Gasteiger partial charge in [-0.2, -0.15) is 0 Å². The van der Waals surface area contributed by atoms with Gasteiger partial charge in [-0.1, -0.05) is 23.8 Å². The highest BCUT2D eigenvalue weighted by Crippen LogP contribution is 2.34. The molecular weight excluding hydrogens is 324 g/mol. The predicted octanol–water partition coefficient (Wildman–Crippen LogP) is 5.11. The lowest BCUT2D eigenvalue weighted by Crippen LogP contribution is -2.14. The lowest BCUT2D eigenvalue weighted by atomic mass is 10.1. The average molecular weight is 347 g/mol. The summed E-state index contributed by atoms with van der Waals surface area (Å²) in [6, 6.07) is 13.5. The Hall–Kier alpha value is -1.32. The molecule has 2 aromatic rings. The summed E-state index contributed by atoms with van der Waals surface area (Å²) in [4.78, 5) is 2.23. The molecule has 0 bridgehead atoms. The van der Waals surface area contributed by atoms with Crippen LogP contribution in [0.4, 0.5) is 11.4 Å². The van der Waals surface area contributed by atoms with Gasteiger partial charge in [0.25, 0.3) is 0 Å². The van der Waals surface area contributed by atoms with E-state index in [0.29, 0.717) is 6.04 Å². The largest absolute Gasteiger partial charge is 0.343 e. The van der Waals surface area contributed by atoms with Crippen molar-refractivity contribution in [3.8, 4) is 0 Å². The zero-order valence-corrected chi connectivity index (χ0v) is 15.0. The van der Waals surface area contributed by atoms with Crippen LogP contribution in [-0.4, -0.2) is 14.1 Å². The van der Waals surface area contributed by atoms with Crippen LogP contribution in [0.15, 0.2) is 40.9 Å². The second-order valence-corrected chi connectivity index (χ2v) is 6.42. The van der Waals surface area contributed by atoms with Crippen LogP contribution < -0.4 is 10.2 Å². The summed E-state index contributed by atoms with van der Waals surface area (Å²) in [5.74, 6) is 0. The molecule has 2 aromatic carbocycles. The Kier molecular flexibility index (Phi) is 5.07. The van der Waals surface area contributed by atoms with Gasteiger partial charge in [0.1, 0.15) is 0 Å². The molecule has 0 saturated carbocycles. The number of nitrogens with zero attached hydrogens (tertiary/aromatic N) is 1. The first-order valence-corrected chi connectivity index (χ1v) is 8.01. The maximum absolute atomic E-state index is 3.71. The van der Waals surface area contributed by atoms with Gasteiger partial charge in [0.15, 0.2) is 0 Å². The number of rotatable bonds is 4. The second-order valence-electron chi connectivity index (χ2n) is 5.57. The molecule has 0 heterocycles. The quantitative estimate of drug-likeness (QED) is 0.826. The normalized spacial score (nSPS) is 12.3. The number of benzene rings is 2. The molecule has 3 heteroatoms. The maximum atomic E-state index is 3.71. The minimum Gasteiger partial charge on any atom is -0.343 e. The molecule has 1 N–H and O–H groups in total. The van der Waals surface area contributed by atoms with Crippen LogP contribution in [0.3, 0.4) is 0 Å². The van der Waals surface area contributed by atoms with E-state index in [4.69, 9.17) is 0 Å². The fourth-order valence-electron chi connectivity index (χ4n) is 2.54. The Morgan fingerprint density at radius 2 is 1.71 bits per heavy atom. The van der Waals surface area contributed by atoms with E-state index in [2.05, 4.69) is 90.4 Å². The number of anilines is 2. The lowest BCUT2D eigenvalue weighted by Gasteiger charge is -2.24. The molecule has 0 aromatic heterocycles. The van der Waals surface area contributed by atoms with Gasteiger partial charge in [-0.3, -0.25) is 0 Å². The molecule has 2 nitrogen and oxygen atoms in total. The van der Waals surface area contributed by atoms with Crippen LogP contribution in [0.5, 0.6) is 0 Å². The first-order valence-electron chi connectivity index (χ1n) is 7.21. The summed E-state index contributed by atoms with van der Waals surface area (Å²) in [5, 5.41) is 3.27. The smallest absolute Gasteiger partial charge is 0.0552 e. The molecule has 21 heavy (non-hydrogen) atoms. The van der Waals surface area contributed by atoms with Crippen molar-refractivity contribution in [2.75, 3.05) is 19.0 Å². The highest BCUT2D eigenvalue weighted by atomic mass is 79.9. The van der Waals surface area contributed by atoms with Gasteiger partial charge in [-0.25, -0.2) is 0 Å². The van der Waals surface area contributed by atoms with Crippen molar-refractivity contribution in [1.82, 2.24) is 5.32 Å². The highest BCUT2D eigenvalue weighted by Gasteiger charge is 2.12. The van der Waals surface area contributed by atoms with Crippen molar-refractivity contribution in [2.24, 2.45) is 0 Å². The molecular formula is C18H23BrN2. The van der Waals surface area contributed by atoms with E-state index in [1.54, 1.807) is 0 Å². The van der Waals surface area contributed by atoms with Gasteiger partial charge in [-0.05, 0) is 73.1 Å². The fourth-order valence-corrected chi connectivity index (χ4v) is 3.21. The number of hydrogen-bond donors (Lipinski definition) is 1. The topological polar surface area (TPSA) is 15.3 Å². The summed E-state index contributed by atoms with van der Waals surface area (Å²) < 4.78 is 1.12. The molecule has 1 unspecified atom stereocenters. The molecule has 112 valence electrons. The molecule has 0 aliphatic heterocycles. The Bertz CT molecular complexity index is 637. The van der Waals surface area contributed by atoms with E-state index in [1.165, 1.54) is 28.1 Å². The monoisotopic (exact) mass is 346 g/mol. The number of nitrogens with one attached hydrogen (secondary N) is 1. The van der Waals surface area contributed by atoms with Crippen molar-refractivity contribution in [3.05, 3.63) is 57.6 Å². The van der Waals surface area contributed by atoms with Gasteiger partial charge in [0.05, 0.1) is 5.69 Å². The van der Waals surface area contributed by atoms with Gasteiger partial charge >= 0.3 is 0 Å². The minimum atomic E-state index is 0.349. The van der Waals surface area contributed by atoms with Crippen LogP contribution in [-0.2, 0) is 0 Å². The summed E-state index contributed by atoms with van der Waals surface area (Å²) >= 11 is 3.71. The van der Waals surface area contributed by atoms with Crippen LogP contribution in [0.25, 0.3) is 0 Å². The first kappa shape index (κ1) is 16.1. The van der Waals surface area contributed by atoms with E-state index in [9.17, 15) is 0 Å². The SMILES string of the molecule is CNC(C)c1ccc(N(C)c2ccc(C)cc2C)c(Br)c1. The molecule has 0 aliphatic rings. The maximum Gasteiger partial charge on any atom is 0.0552 e. The summed E-state index contributed by atoms with van der Waals surface area (Å²) in [5.41, 5.74) is 6.27. The van der Waals surface area contributed by atoms with Crippen LogP contribution in [0.2, 0.25) is 0 Å². The van der Waals surface area contributed by atoms with Gasteiger partial charge in [0.2, 0.25) is 0 Å². The molecule has 2 rings (SSSR count). The lowest BCUT2D eigenvalue weighted by molar-refractivity contribution is 0.652. The van der Waals surface area contributed by atoms with E-state index < -0.39 is 0 Å². The zero-order valence-electron chi connectivity index (χ0n) is 13.4. The molecule has 0 fully saturated rings. The van der Waals surface area contributed by atoms with Gasteiger partial charge < -0.3 is 10.2 Å². The van der Waals surface area contributed by atoms with Crippen molar-refractivity contribution in [2.45, 2.75) is 26.8 Å². The Labute approximate surface area is 136 Å². The predicted molar refractivity (Wildman–Crippen MR) is 95.6 cm³/mol. The standard InChI is InChI=1S/C18H23BrN2/c1-12-6-8-17(13(2)10-12)21(5)18-9-7-15(11-16(18)19)14(3)20-4/h6-11,14,20H,1-5H3. The van der Waals surface area contributed by atoms with Crippen molar-refractivity contribution in [1.29, 1.82) is 0 Å². The number of halogens is 1. The molecule has 1 atom stereocenters. The Balaban J connectivity index is 2.37. The summed E-state index contributed by atoms with van der Waals surface area (Å²) in [7, 11) is 4.09. The van der Waals surface area contributed by atoms with Crippen LogP contribution in [0, 0.1) is 13.8 Å². The van der Waals surface area contributed by atoms with E-state index in [1.807, 2.05) is 7.05 Å². The fraction of sp³-hybridized carbons (Fsp3) is 0.333. The Morgan fingerprint density at radius 1 is 1.05 bits per heavy atom. The first-order chi connectivity index (χ1) is 9.93. The van der Waals surface area contributed by atoms with Gasteiger partial charge in [-0.15, -0.1) is 0 Å². The molecule has 0 radical (unpaired) electrons. The molecule has 0 amide bonds. The minimum absolute atomic E-state index is 0.349. The third-order valence-corrected chi connectivity index (χ3v) is 4.61.